The highest BCUT2D eigenvalue weighted by Gasteiger charge is 2.45. The van der Waals surface area contributed by atoms with Gasteiger partial charge in [-0.15, -0.1) is 0 Å². The second kappa shape index (κ2) is 6.29. The molecule has 0 spiro atoms. The molecule has 3 rings (SSSR count). The molecule has 0 saturated carbocycles. The van der Waals surface area contributed by atoms with Gasteiger partial charge < -0.3 is 14.7 Å². The third-order valence-electron chi connectivity index (χ3n) is 4.93. The largest absolute Gasteiger partial charge is 0.387 e. The Morgan fingerprint density at radius 2 is 1.91 bits per heavy atom. The fourth-order valence-electron chi connectivity index (χ4n) is 3.47. The van der Waals surface area contributed by atoms with Crippen LogP contribution in [-0.2, 0) is 19.6 Å². The van der Waals surface area contributed by atoms with Crippen molar-refractivity contribution in [2.75, 3.05) is 65.3 Å². The molecule has 0 aromatic rings. The van der Waals surface area contributed by atoms with E-state index in [9.17, 15) is 18.3 Å². The second-order valence-electron chi connectivity index (χ2n) is 6.90. The van der Waals surface area contributed by atoms with Gasteiger partial charge in [0.05, 0.1) is 37.5 Å². The summed E-state index contributed by atoms with van der Waals surface area (Å²) in [5.74, 6) is -0.307. The summed E-state index contributed by atoms with van der Waals surface area (Å²) in [5.41, 5.74) is -0.868. The highest BCUT2D eigenvalue weighted by molar-refractivity contribution is 7.88. The Morgan fingerprint density at radius 1 is 1.26 bits per heavy atom. The summed E-state index contributed by atoms with van der Waals surface area (Å²) in [6.07, 6.45) is 1.73. The lowest BCUT2D eigenvalue weighted by atomic mass is 10.0. The number of β-amino-alcohol motifs (C(OH)–C–C–N with tert-alkyl or cyclic N) is 1. The van der Waals surface area contributed by atoms with Crippen LogP contribution in [0, 0.1) is 5.92 Å². The molecule has 9 heteroatoms. The lowest BCUT2D eigenvalue weighted by Gasteiger charge is -2.38. The maximum atomic E-state index is 12.4. The molecule has 0 aliphatic carbocycles. The van der Waals surface area contributed by atoms with Gasteiger partial charge in [0.15, 0.2) is 0 Å². The average molecular weight is 347 g/mol. The van der Waals surface area contributed by atoms with Crippen LogP contribution < -0.4 is 0 Å². The van der Waals surface area contributed by atoms with Crippen molar-refractivity contribution in [2.45, 2.75) is 12.0 Å². The zero-order valence-corrected chi connectivity index (χ0v) is 14.3. The van der Waals surface area contributed by atoms with Crippen molar-refractivity contribution < 1.29 is 23.1 Å². The molecule has 23 heavy (non-hydrogen) atoms. The predicted octanol–water partition coefficient (Wildman–Crippen LogP) is -1.83. The van der Waals surface area contributed by atoms with Crippen molar-refractivity contribution in [2.24, 2.45) is 5.92 Å². The molecule has 3 fully saturated rings. The van der Waals surface area contributed by atoms with Crippen molar-refractivity contribution in [1.82, 2.24) is 14.1 Å². The number of ether oxygens (including phenoxy) is 1. The van der Waals surface area contributed by atoms with E-state index >= 15 is 0 Å². The van der Waals surface area contributed by atoms with E-state index in [2.05, 4.69) is 4.90 Å². The number of aliphatic hydroxyl groups is 1. The van der Waals surface area contributed by atoms with Gasteiger partial charge in [-0.2, -0.15) is 0 Å². The number of amides is 1. The normalized spacial score (nSPS) is 31.3. The zero-order chi connectivity index (χ0) is 16.7. The summed E-state index contributed by atoms with van der Waals surface area (Å²) >= 11 is 0. The number of nitrogens with zero attached hydrogens (tertiary/aromatic N) is 3. The fraction of sp³-hybridized carbons (Fsp3) is 0.929. The summed E-state index contributed by atoms with van der Waals surface area (Å²) in [6.45, 7) is 4.93. The van der Waals surface area contributed by atoms with Gasteiger partial charge in [-0.3, -0.25) is 9.69 Å². The molecule has 3 aliphatic heterocycles. The van der Waals surface area contributed by atoms with Gasteiger partial charge in [0.25, 0.3) is 0 Å². The lowest BCUT2D eigenvalue weighted by Crippen LogP contribution is -2.56. The molecule has 1 N–H and O–H groups in total. The minimum absolute atomic E-state index is 0.0391. The third-order valence-corrected chi connectivity index (χ3v) is 6.17. The Kier molecular flexibility index (Phi) is 4.67. The fourth-order valence-corrected chi connectivity index (χ4v) is 4.37. The number of likely N-dealkylation sites (tertiary alicyclic amines) is 1. The molecule has 0 unspecified atom stereocenters. The molecular formula is C14H25N3O5S. The smallest absolute Gasteiger partial charge is 0.228 e. The Balaban J connectivity index is 1.50. The zero-order valence-electron chi connectivity index (χ0n) is 13.5. The first-order valence-electron chi connectivity index (χ1n) is 8.03. The van der Waals surface area contributed by atoms with Gasteiger partial charge in [0, 0.05) is 39.3 Å². The molecule has 0 bridgehead atoms. The van der Waals surface area contributed by atoms with E-state index in [1.165, 1.54) is 4.31 Å². The van der Waals surface area contributed by atoms with Crippen LogP contribution in [0.1, 0.15) is 6.42 Å². The van der Waals surface area contributed by atoms with Gasteiger partial charge in [-0.05, 0) is 6.42 Å². The van der Waals surface area contributed by atoms with Crippen LogP contribution in [0.5, 0.6) is 0 Å². The SMILES string of the molecule is CS(=O)(=O)N1CC(C(=O)N2CC[C@](O)(CN3CCOCC3)C2)C1. The van der Waals surface area contributed by atoms with Crippen molar-refractivity contribution in [3.8, 4) is 0 Å². The number of sulfonamides is 1. The standard InChI is InChI=1S/C14H25N3O5S/c1-23(20,21)17-8-12(9-17)13(18)16-3-2-14(19,11-16)10-15-4-6-22-7-5-15/h12,19H,2-11H2,1H3/t14-/m0/s1. The predicted molar refractivity (Wildman–Crippen MR) is 83.3 cm³/mol. The van der Waals surface area contributed by atoms with Crippen molar-refractivity contribution >= 4 is 15.9 Å². The van der Waals surface area contributed by atoms with Crippen LogP contribution in [0.2, 0.25) is 0 Å². The molecule has 3 aliphatic rings. The molecule has 1 amide bonds. The Labute approximate surface area is 137 Å². The van der Waals surface area contributed by atoms with E-state index < -0.39 is 15.6 Å². The van der Waals surface area contributed by atoms with E-state index in [1.54, 1.807) is 4.90 Å². The lowest BCUT2D eigenvalue weighted by molar-refractivity contribution is -0.139. The molecule has 132 valence electrons. The number of carbonyl (C=O) groups is 1. The van der Waals surface area contributed by atoms with E-state index in [-0.39, 0.29) is 24.9 Å². The Hall–Kier alpha value is -0.740. The second-order valence-corrected chi connectivity index (χ2v) is 8.88. The Morgan fingerprint density at radius 3 is 2.52 bits per heavy atom. The van der Waals surface area contributed by atoms with Crippen LogP contribution in [0.3, 0.4) is 0 Å². The van der Waals surface area contributed by atoms with Gasteiger partial charge in [0.2, 0.25) is 15.9 Å². The molecule has 3 saturated heterocycles. The van der Waals surface area contributed by atoms with E-state index in [4.69, 9.17) is 4.74 Å². The quantitative estimate of drug-likeness (QED) is 0.644. The molecular weight excluding hydrogens is 322 g/mol. The molecule has 1 atom stereocenters. The topological polar surface area (TPSA) is 90.4 Å². The van der Waals surface area contributed by atoms with Gasteiger partial charge >= 0.3 is 0 Å². The molecule has 3 heterocycles. The maximum absolute atomic E-state index is 12.4. The number of hydrogen-bond acceptors (Lipinski definition) is 6. The van der Waals surface area contributed by atoms with Crippen molar-refractivity contribution in [1.29, 1.82) is 0 Å². The molecule has 8 nitrogen and oxygen atoms in total. The van der Waals surface area contributed by atoms with Gasteiger partial charge in [-0.1, -0.05) is 0 Å². The minimum atomic E-state index is -3.20. The summed E-state index contributed by atoms with van der Waals surface area (Å²) in [4.78, 5) is 16.3. The van der Waals surface area contributed by atoms with Crippen LogP contribution in [0.15, 0.2) is 0 Å². The number of hydrogen-bond donors (Lipinski definition) is 1. The minimum Gasteiger partial charge on any atom is -0.387 e. The third kappa shape index (κ3) is 3.85. The number of rotatable bonds is 4. The highest BCUT2D eigenvalue weighted by Crippen LogP contribution is 2.27. The van der Waals surface area contributed by atoms with E-state index in [0.717, 1.165) is 19.3 Å². The van der Waals surface area contributed by atoms with Gasteiger partial charge in [-0.25, -0.2) is 12.7 Å². The first-order chi connectivity index (χ1) is 10.8. The molecule has 0 aromatic carbocycles. The van der Waals surface area contributed by atoms with Crippen LogP contribution in [-0.4, -0.2) is 104 Å². The molecule has 0 aromatic heterocycles. The summed E-state index contributed by atoms with van der Waals surface area (Å²) in [5, 5.41) is 10.7. The Bertz CT molecular complexity index is 557. The van der Waals surface area contributed by atoms with Crippen LogP contribution in [0.25, 0.3) is 0 Å². The number of carbonyl (C=O) groups excluding carboxylic acids is 1. The number of morpholine rings is 1. The highest BCUT2D eigenvalue weighted by atomic mass is 32.2. The summed E-state index contributed by atoms with van der Waals surface area (Å²) < 4.78 is 29.4. The summed E-state index contributed by atoms with van der Waals surface area (Å²) in [7, 11) is -3.20. The average Bonchev–Trinajstić information content (AvgIpc) is 2.78. The van der Waals surface area contributed by atoms with E-state index in [0.29, 0.717) is 39.3 Å². The van der Waals surface area contributed by atoms with Gasteiger partial charge in [0.1, 0.15) is 0 Å². The molecule has 0 radical (unpaired) electrons. The van der Waals surface area contributed by atoms with Crippen LogP contribution >= 0.6 is 0 Å². The monoisotopic (exact) mass is 347 g/mol. The maximum Gasteiger partial charge on any atom is 0.228 e. The summed E-state index contributed by atoms with van der Waals surface area (Å²) in [6, 6.07) is 0. The first kappa shape index (κ1) is 17.1. The van der Waals surface area contributed by atoms with E-state index in [1.807, 2.05) is 0 Å². The van der Waals surface area contributed by atoms with Crippen molar-refractivity contribution in [3.63, 3.8) is 0 Å². The van der Waals surface area contributed by atoms with Crippen molar-refractivity contribution in [3.05, 3.63) is 0 Å². The van der Waals surface area contributed by atoms with Crippen LogP contribution in [0.4, 0.5) is 0 Å². The first-order valence-corrected chi connectivity index (χ1v) is 9.88.